The van der Waals surface area contributed by atoms with Gasteiger partial charge in [-0.3, -0.25) is 0 Å². The van der Waals surface area contributed by atoms with Crippen molar-refractivity contribution in [3.05, 3.63) is 23.9 Å². The molecule has 1 fully saturated rings. The molecule has 0 bridgehead atoms. The van der Waals surface area contributed by atoms with Crippen LogP contribution in [0.15, 0.2) is 23.4 Å². The molecule has 0 saturated heterocycles. The van der Waals surface area contributed by atoms with Gasteiger partial charge in [0.1, 0.15) is 0 Å². The minimum atomic E-state index is -4.31. The summed E-state index contributed by atoms with van der Waals surface area (Å²) >= 11 is 1.51. The van der Waals surface area contributed by atoms with Crippen molar-refractivity contribution >= 4 is 11.8 Å². The summed E-state index contributed by atoms with van der Waals surface area (Å²) in [6.07, 6.45) is 4.14. The van der Waals surface area contributed by atoms with E-state index in [1.165, 1.54) is 49.9 Å². The van der Waals surface area contributed by atoms with Gasteiger partial charge in [0.2, 0.25) is 0 Å². The standard InChI is InChI=1S/C15H21F3N2S/c16-15(17,18)12-7-8-14(20-11-12)21-10-4-9-19-13-5-2-1-3-6-13/h7-8,11,13,19H,1-6,9-10H2. The Morgan fingerprint density at radius 3 is 2.57 bits per heavy atom. The number of hydrogen-bond donors (Lipinski definition) is 1. The molecule has 0 atom stereocenters. The summed E-state index contributed by atoms with van der Waals surface area (Å²) in [4.78, 5) is 3.86. The molecule has 1 aliphatic rings. The predicted octanol–water partition coefficient (Wildman–Crippen LogP) is 4.50. The van der Waals surface area contributed by atoms with Crippen LogP contribution in [0.25, 0.3) is 0 Å². The summed E-state index contributed by atoms with van der Waals surface area (Å²) in [5.41, 5.74) is -0.689. The van der Waals surface area contributed by atoms with E-state index >= 15 is 0 Å². The maximum absolute atomic E-state index is 12.4. The van der Waals surface area contributed by atoms with E-state index in [2.05, 4.69) is 10.3 Å². The molecule has 0 aliphatic heterocycles. The van der Waals surface area contributed by atoms with Gasteiger partial charge in [0.05, 0.1) is 10.6 Å². The van der Waals surface area contributed by atoms with E-state index in [1.54, 1.807) is 0 Å². The first-order valence-corrected chi connectivity index (χ1v) is 8.44. The molecule has 1 heterocycles. The molecule has 1 aliphatic carbocycles. The lowest BCUT2D eigenvalue weighted by Crippen LogP contribution is -2.31. The fourth-order valence-corrected chi connectivity index (χ4v) is 3.28. The van der Waals surface area contributed by atoms with Crippen LogP contribution in [0, 0.1) is 0 Å². The van der Waals surface area contributed by atoms with Crippen LogP contribution in [0.3, 0.4) is 0 Å². The average molecular weight is 318 g/mol. The van der Waals surface area contributed by atoms with Gasteiger partial charge in [0.25, 0.3) is 0 Å². The molecule has 0 aromatic carbocycles. The van der Waals surface area contributed by atoms with Crippen molar-refractivity contribution in [2.75, 3.05) is 12.3 Å². The molecular formula is C15H21F3N2S. The molecule has 1 N–H and O–H groups in total. The van der Waals surface area contributed by atoms with Gasteiger partial charge in [-0.1, -0.05) is 19.3 Å². The highest BCUT2D eigenvalue weighted by atomic mass is 32.2. The van der Waals surface area contributed by atoms with Crippen LogP contribution in [0.4, 0.5) is 13.2 Å². The number of halogens is 3. The SMILES string of the molecule is FC(F)(F)c1ccc(SCCCNC2CCCCC2)nc1. The second kappa shape index (κ2) is 8.03. The normalized spacial score (nSPS) is 17.1. The Morgan fingerprint density at radius 1 is 1.19 bits per heavy atom. The molecule has 0 radical (unpaired) electrons. The zero-order valence-corrected chi connectivity index (χ0v) is 12.8. The Bertz CT molecular complexity index is 414. The molecule has 2 rings (SSSR count). The first-order valence-electron chi connectivity index (χ1n) is 7.45. The van der Waals surface area contributed by atoms with Crippen molar-refractivity contribution in [1.82, 2.24) is 10.3 Å². The first-order chi connectivity index (χ1) is 10.1. The molecule has 1 aromatic heterocycles. The Labute approximate surface area is 127 Å². The van der Waals surface area contributed by atoms with Crippen molar-refractivity contribution in [2.45, 2.75) is 55.8 Å². The summed E-state index contributed by atoms with van der Waals surface area (Å²) in [6.45, 7) is 0.971. The van der Waals surface area contributed by atoms with Crippen LogP contribution in [0.2, 0.25) is 0 Å². The van der Waals surface area contributed by atoms with E-state index in [0.717, 1.165) is 31.0 Å². The monoisotopic (exact) mass is 318 g/mol. The van der Waals surface area contributed by atoms with E-state index in [0.29, 0.717) is 11.1 Å². The van der Waals surface area contributed by atoms with Gasteiger partial charge in [0.15, 0.2) is 0 Å². The summed E-state index contributed by atoms with van der Waals surface area (Å²) in [6, 6.07) is 3.20. The Hall–Kier alpha value is -0.750. The lowest BCUT2D eigenvalue weighted by molar-refractivity contribution is -0.137. The van der Waals surface area contributed by atoms with Crippen LogP contribution in [0.1, 0.15) is 44.1 Å². The number of rotatable bonds is 6. The van der Waals surface area contributed by atoms with Crippen LogP contribution in [0.5, 0.6) is 0 Å². The van der Waals surface area contributed by atoms with Crippen molar-refractivity contribution in [1.29, 1.82) is 0 Å². The third kappa shape index (κ3) is 5.87. The third-order valence-electron chi connectivity index (χ3n) is 3.67. The number of alkyl halides is 3. The second-order valence-corrected chi connectivity index (χ2v) is 6.49. The predicted molar refractivity (Wildman–Crippen MR) is 79.5 cm³/mol. The Balaban J connectivity index is 1.62. The molecule has 6 heteroatoms. The topological polar surface area (TPSA) is 24.9 Å². The van der Waals surface area contributed by atoms with E-state index in [-0.39, 0.29) is 0 Å². The molecule has 1 saturated carbocycles. The molecule has 21 heavy (non-hydrogen) atoms. The summed E-state index contributed by atoms with van der Waals surface area (Å²) < 4.78 is 37.2. The fourth-order valence-electron chi connectivity index (χ4n) is 2.50. The lowest BCUT2D eigenvalue weighted by Gasteiger charge is -2.22. The highest BCUT2D eigenvalue weighted by molar-refractivity contribution is 7.99. The zero-order chi connectivity index (χ0) is 15.1. The Kier molecular flexibility index (Phi) is 6.36. The van der Waals surface area contributed by atoms with Crippen molar-refractivity contribution in [3.63, 3.8) is 0 Å². The van der Waals surface area contributed by atoms with Gasteiger partial charge in [-0.05, 0) is 37.9 Å². The van der Waals surface area contributed by atoms with Crippen LogP contribution >= 0.6 is 11.8 Å². The highest BCUT2D eigenvalue weighted by Gasteiger charge is 2.30. The molecule has 0 unspecified atom stereocenters. The molecule has 2 nitrogen and oxygen atoms in total. The zero-order valence-electron chi connectivity index (χ0n) is 12.0. The van der Waals surface area contributed by atoms with Gasteiger partial charge in [0, 0.05) is 18.0 Å². The number of hydrogen-bond acceptors (Lipinski definition) is 3. The summed E-state index contributed by atoms with van der Waals surface area (Å²) in [7, 11) is 0. The largest absolute Gasteiger partial charge is 0.417 e. The van der Waals surface area contributed by atoms with Crippen molar-refractivity contribution in [2.24, 2.45) is 0 Å². The molecular weight excluding hydrogens is 297 g/mol. The quantitative estimate of drug-likeness (QED) is 0.617. The fraction of sp³-hybridized carbons (Fsp3) is 0.667. The maximum Gasteiger partial charge on any atom is 0.417 e. The van der Waals surface area contributed by atoms with Gasteiger partial charge in [-0.15, -0.1) is 11.8 Å². The van der Waals surface area contributed by atoms with E-state index in [9.17, 15) is 13.2 Å². The summed E-state index contributed by atoms with van der Waals surface area (Å²) in [5, 5.41) is 4.21. The Morgan fingerprint density at radius 2 is 1.95 bits per heavy atom. The highest BCUT2D eigenvalue weighted by Crippen LogP contribution is 2.29. The third-order valence-corrected chi connectivity index (χ3v) is 4.70. The van der Waals surface area contributed by atoms with Crippen LogP contribution in [-0.2, 0) is 6.18 Å². The smallest absolute Gasteiger partial charge is 0.314 e. The average Bonchev–Trinajstić information content (AvgIpc) is 2.47. The first kappa shape index (κ1) is 16.6. The number of aromatic nitrogens is 1. The summed E-state index contributed by atoms with van der Waals surface area (Å²) in [5.74, 6) is 0.873. The van der Waals surface area contributed by atoms with Gasteiger partial charge in [-0.2, -0.15) is 13.2 Å². The molecule has 0 spiro atoms. The number of nitrogens with zero attached hydrogens (tertiary/aromatic N) is 1. The van der Waals surface area contributed by atoms with E-state index < -0.39 is 11.7 Å². The number of pyridine rings is 1. The van der Waals surface area contributed by atoms with Gasteiger partial charge in [-0.25, -0.2) is 4.98 Å². The molecule has 0 amide bonds. The molecule has 118 valence electrons. The molecule has 1 aromatic rings. The minimum absolute atomic E-state index is 0.653. The van der Waals surface area contributed by atoms with Crippen LogP contribution in [-0.4, -0.2) is 23.3 Å². The van der Waals surface area contributed by atoms with Gasteiger partial charge >= 0.3 is 6.18 Å². The maximum atomic E-state index is 12.4. The van der Waals surface area contributed by atoms with Crippen molar-refractivity contribution in [3.8, 4) is 0 Å². The van der Waals surface area contributed by atoms with E-state index in [4.69, 9.17) is 0 Å². The van der Waals surface area contributed by atoms with Gasteiger partial charge < -0.3 is 5.32 Å². The second-order valence-electron chi connectivity index (χ2n) is 5.37. The van der Waals surface area contributed by atoms with Crippen molar-refractivity contribution < 1.29 is 13.2 Å². The number of nitrogens with one attached hydrogen (secondary N) is 1. The number of thioether (sulfide) groups is 1. The van der Waals surface area contributed by atoms with Crippen LogP contribution < -0.4 is 5.32 Å². The lowest BCUT2D eigenvalue weighted by atomic mass is 9.95. The minimum Gasteiger partial charge on any atom is -0.314 e. The van der Waals surface area contributed by atoms with E-state index in [1.807, 2.05) is 0 Å².